The number of nitrogens with one attached hydrogen (secondary N) is 1. The molecule has 0 saturated carbocycles. The van der Waals surface area contributed by atoms with E-state index in [1.807, 2.05) is 0 Å². The van der Waals surface area contributed by atoms with Crippen molar-refractivity contribution in [3.63, 3.8) is 0 Å². The van der Waals surface area contributed by atoms with Crippen molar-refractivity contribution in [2.45, 2.75) is 25.1 Å². The number of hydrogen-bond donors (Lipinski definition) is 1. The third-order valence-corrected chi connectivity index (χ3v) is 2.64. The second-order valence-electron chi connectivity index (χ2n) is 3.78. The van der Waals surface area contributed by atoms with Crippen LogP contribution in [-0.4, -0.2) is 5.91 Å². The fourth-order valence-corrected chi connectivity index (χ4v) is 1.77. The first-order valence-electron chi connectivity index (χ1n) is 4.93. The molecule has 0 spiro atoms. The predicted molar refractivity (Wildman–Crippen MR) is 51.6 cm³/mol. The molecule has 1 saturated heterocycles. The van der Waals surface area contributed by atoms with E-state index in [2.05, 4.69) is 5.32 Å². The molecule has 0 bridgehead atoms. The lowest BCUT2D eigenvalue weighted by Gasteiger charge is -2.12. The number of carbonyl (C=O) groups is 1. The van der Waals surface area contributed by atoms with Gasteiger partial charge in [0.1, 0.15) is 0 Å². The Kier molecular flexibility index (Phi) is 2.61. The van der Waals surface area contributed by atoms with Crippen LogP contribution in [-0.2, 0) is 11.0 Å². The summed E-state index contributed by atoms with van der Waals surface area (Å²) in [7, 11) is 0. The first kappa shape index (κ1) is 11.0. The third kappa shape index (κ3) is 2.18. The van der Waals surface area contributed by atoms with Crippen LogP contribution >= 0.6 is 0 Å². The van der Waals surface area contributed by atoms with Crippen molar-refractivity contribution in [3.05, 3.63) is 35.4 Å². The highest BCUT2D eigenvalue weighted by molar-refractivity contribution is 5.78. The molecule has 16 heavy (non-hydrogen) atoms. The molecule has 0 radical (unpaired) electrons. The molecule has 1 aromatic rings. The van der Waals surface area contributed by atoms with Gasteiger partial charge in [0.15, 0.2) is 0 Å². The smallest absolute Gasteiger partial charge is 0.349 e. The molecule has 2 rings (SSSR count). The molecule has 1 atom stereocenters. The fourth-order valence-electron chi connectivity index (χ4n) is 1.77. The van der Waals surface area contributed by atoms with E-state index in [0.29, 0.717) is 12.8 Å². The largest absolute Gasteiger partial charge is 0.416 e. The van der Waals surface area contributed by atoms with Crippen LogP contribution < -0.4 is 5.32 Å². The van der Waals surface area contributed by atoms with Crippen LogP contribution in [0.2, 0.25) is 0 Å². The normalized spacial score (nSPS) is 20.9. The zero-order valence-electron chi connectivity index (χ0n) is 8.34. The van der Waals surface area contributed by atoms with Crippen molar-refractivity contribution in [3.8, 4) is 0 Å². The summed E-state index contributed by atoms with van der Waals surface area (Å²) in [5, 5.41) is 2.71. The van der Waals surface area contributed by atoms with E-state index in [0.717, 1.165) is 17.7 Å². The van der Waals surface area contributed by atoms with E-state index in [1.165, 1.54) is 12.1 Å². The monoisotopic (exact) mass is 229 g/mol. The number of benzene rings is 1. The minimum atomic E-state index is -4.31. The highest BCUT2D eigenvalue weighted by atomic mass is 19.4. The molecule has 1 fully saturated rings. The molecule has 86 valence electrons. The molecule has 2 nitrogen and oxygen atoms in total. The quantitative estimate of drug-likeness (QED) is 0.788. The van der Waals surface area contributed by atoms with Crippen LogP contribution in [0.4, 0.5) is 13.2 Å². The zero-order valence-corrected chi connectivity index (χ0v) is 8.34. The van der Waals surface area contributed by atoms with Gasteiger partial charge in [0.25, 0.3) is 0 Å². The second-order valence-corrected chi connectivity index (χ2v) is 3.78. The summed E-state index contributed by atoms with van der Waals surface area (Å²) in [5.41, 5.74) is 0.0550. The zero-order chi connectivity index (χ0) is 11.8. The maximum absolute atomic E-state index is 12.3. The summed E-state index contributed by atoms with van der Waals surface area (Å²) >= 11 is 0. The van der Waals surface area contributed by atoms with Crippen LogP contribution in [0, 0.1) is 0 Å². The van der Waals surface area contributed by atoms with Gasteiger partial charge in [-0.2, -0.15) is 13.2 Å². The van der Waals surface area contributed by atoms with Gasteiger partial charge < -0.3 is 5.32 Å². The number of carbonyl (C=O) groups excluding carboxylic acids is 1. The SMILES string of the molecule is O=C1CCC(c2ccc(C(F)(F)F)cc2)N1. The van der Waals surface area contributed by atoms with Crippen molar-refractivity contribution in [2.24, 2.45) is 0 Å². The highest BCUT2D eigenvalue weighted by Crippen LogP contribution is 2.31. The van der Waals surface area contributed by atoms with Gasteiger partial charge in [-0.1, -0.05) is 12.1 Å². The van der Waals surface area contributed by atoms with Gasteiger partial charge in [-0.25, -0.2) is 0 Å². The van der Waals surface area contributed by atoms with E-state index in [1.54, 1.807) is 0 Å². The molecule has 5 heteroatoms. The standard InChI is InChI=1S/C11H10F3NO/c12-11(13,14)8-3-1-7(2-4-8)9-5-6-10(16)15-9/h1-4,9H,5-6H2,(H,15,16). The van der Waals surface area contributed by atoms with Crippen molar-refractivity contribution < 1.29 is 18.0 Å². The Morgan fingerprint density at radius 1 is 1.19 bits per heavy atom. The van der Waals surface area contributed by atoms with Gasteiger partial charge in [-0.3, -0.25) is 4.79 Å². The summed E-state index contributed by atoms with van der Waals surface area (Å²) in [5.74, 6) is -0.0510. The summed E-state index contributed by atoms with van der Waals surface area (Å²) in [6, 6.07) is 4.77. The molecule has 0 aliphatic carbocycles. The minimum Gasteiger partial charge on any atom is -0.349 e. The lowest BCUT2D eigenvalue weighted by atomic mass is 10.0. The molecule has 1 aromatic carbocycles. The van der Waals surface area contributed by atoms with Gasteiger partial charge in [-0.05, 0) is 24.1 Å². The average Bonchev–Trinajstić information content (AvgIpc) is 2.64. The summed E-state index contributed by atoms with van der Waals surface area (Å²) in [6.07, 6.45) is -3.23. The number of hydrogen-bond acceptors (Lipinski definition) is 1. The Labute approximate surface area is 90.5 Å². The minimum absolute atomic E-state index is 0.0510. The molecule has 1 aliphatic rings. The fraction of sp³-hybridized carbons (Fsp3) is 0.364. The molecular weight excluding hydrogens is 219 g/mol. The maximum Gasteiger partial charge on any atom is 0.416 e. The van der Waals surface area contributed by atoms with Crippen molar-refractivity contribution in [1.82, 2.24) is 5.32 Å². The Morgan fingerprint density at radius 2 is 1.81 bits per heavy atom. The summed E-state index contributed by atoms with van der Waals surface area (Å²) in [4.78, 5) is 11.0. The van der Waals surface area contributed by atoms with Gasteiger partial charge in [0.2, 0.25) is 5.91 Å². The number of halogens is 3. The topological polar surface area (TPSA) is 29.1 Å². The van der Waals surface area contributed by atoms with Crippen molar-refractivity contribution in [2.75, 3.05) is 0 Å². The number of amides is 1. The van der Waals surface area contributed by atoms with Crippen LogP contribution in [0.25, 0.3) is 0 Å². The summed E-state index contributed by atoms with van der Waals surface area (Å²) < 4.78 is 36.9. The van der Waals surface area contributed by atoms with Crippen LogP contribution in [0.5, 0.6) is 0 Å². The summed E-state index contributed by atoms with van der Waals surface area (Å²) in [6.45, 7) is 0. The van der Waals surface area contributed by atoms with Gasteiger partial charge >= 0.3 is 6.18 Å². The van der Waals surface area contributed by atoms with Crippen LogP contribution in [0.15, 0.2) is 24.3 Å². The van der Waals surface area contributed by atoms with Crippen LogP contribution in [0.3, 0.4) is 0 Å². The molecule has 0 aromatic heterocycles. The first-order valence-corrected chi connectivity index (χ1v) is 4.93. The van der Waals surface area contributed by atoms with Gasteiger partial charge in [-0.15, -0.1) is 0 Å². The van der Waals surface area contributed by atoms with Crippen molar-refractivity contribution >= 4 is 5.91 Å². The third-order valence-electron chi connectivity index (χ3n) is 2.64. The maximum atomic E-state index is 12.3. The van der Waals surface area contributed by atoms with E-state index >= 15 is 0 Å². The molecule has 1 aliphatic heterocycles. The average molecular weight is 229 g/mol. The number of alkyl halides is 3. The number of rotatable bonds is 1. The Balaban J connectivity index is 2.17. The molecule has 1 N–H and O–H groups in total. The van der Waals surface area contributed by atoms with E-state index < -0.39 is 11.7 Å². The first-order chi connectivity index (χ1) is 7.47. The lowest BCUT2D eigenvalue weighted by molar-refractivity contribution is -0.137. The van der Waals surface area contributed by atoms with E-state index in [-0.39, 0.29) is 11.9 Å². The Hall–Kier alpha value is -1.52. The van der Waals surface area contributed by atoms with Crippen molar-refractivity contribution in [1.29, 1.82) is 0 Å². The highest BCUT2D eigenvalue weighted by Gasteiger charge is 2.30. The van der Waals surface area contributed by atoms with Crippen LogP contribution in [0.1, 0.15) is 30.0 Å². The lowest BCUT2D eigenvalue weighted by Crippen LogP contribution is -2.18. The van der Waals surface area contributed by atoms with E-state index in [4.69, 9.17) is 0 Å². The second kappa shape index (κ2) is 3.81. The van der Waals surface area contributed by atoms with E-state index in [9.17, 15) is 18.0 Å². The predicted octanol–water partition coefficient (Wildman–Crippen LogP) is 2.66. The Morgan fingerprint density at radius 3 is 2.25 bits per heavy atom. The molecule has 1 amide bonds. The Bertz CT molecular complexity index is 397. The van der Waals surface area contributed by atoms with Gasteiger partial charge in [0.05, 0.1) is 11.6 Å². The molecule has 1 heterocycles. The van der Waals surface area contributed by atoms with Gasteiger partial charge in [0, 0.05) is 6.42 Å². The molecular formula is C11H10F3NO. The molecule has 1 unspecified atom stereocenters.